The molecule has 1 N–H and O–H groups in total. The van der Waals surface area contributed by atoms with Gasteiger partial charge in [-0.25, -0.2) is 0 Å². The summed E-state index contributed by atoms with van der Waals surface area (Å²) >= 11 is 5.93. The van der Waals surface area contributed by atoms with Gasteiger partial charge >= 0.3 is 0 Å². The van der Waals surface area contributed by atoms with Gasteiger partial charge in [0.05, 0.1) is 5.69 Å². The van der Waals surface area contributed by atoms with Gasteiger partial charge in [-0.15, -0.1) is 5.11 Å². The summed E-state index contributed by atoms with van der Waals surface area (Å²) in [4.78, 5) is 0. The molecule has 0 saturated heterocycles. The summed E-state index contributed by atoms with van der Waals surface area (Å²) in [5.41, 5.74) is 1.84. The summed E-state index contributed by atoms with van der Waals surface area (Å²) in [7, 11) is 0. The predicted molar refractivity (Wildman–Crippen MR) is 104 cm³/mol. The van der Waals surface area contributed by atoms with Crippen LogP contribution >= 0.6 is 11.6 Å². The molecule has 0 spiro atoms. The normalized spacial score (nSPS) is 15.8. The van der Waals surface area contributed by atoms with Crippen molar-refractivity contribution < 1.29 is 9.84 Å². The van der Waals surface area contributed by atoms with Gasteiger partial charge in [-0.2, -0.15) is 5.11 Å². The summed E-state index contributed by atoms with van der Waals surface area (Å²) in [6.07, 6.45) is 1.57. The zero-order valence-corrected chi connectivity index (χ0v) is 15.4. The lowest BCUT2D eigenvalue weighted by atomic mass is 9.91. The number of halogens is 1. The van der Waals surface area contributed by atoms with Gasteiger partial charge in [0, 0.05) is 21.4 Å². The summed E-state index contributed by atoms with van der Waals surface area (Å²) in [5, 5.41) is 21.8. The van der Waals surface area contributed by atoms with E-state index in [4.69, 9.17) is 16.3 Å². The molecule has 1 aliphatic rings. The topological polar surface area (TPSA) is 54.2 Å². The molecule has 26 heavy (non-hydrogen) atoms. The number of nitrogens with zero attached hydrogens (tertiary/aromatic N) is 2. The monoisotopic (exact) mass is 366 g/mol. The van der Waals surface area contributed by atoms with Gasteiger partial charge in [0.15, 0.2) is 5.75 Å². The Balaban J connectivity index is 1.92. The zero-order valence-electron chi connectivity index (χ0n) is 14.7. The van der Waals surface area contributed by atoms with Gasteiger partial charge in [0.25, 0.3) is 0 Å². The third kappa shape index (κ3) is 3.01. The fourth-order valence-corrected chi connectivity index (χ4v) is 3.37. The average molecular weight is 367 g/mol. The quantitative estimate of drug-likeness (QED) is 0.512. The van der Waals surface area contributed by atoms with Crippen molar-refractivity contribution in [2.24, 2.45) is 10.2 Å². The molecule has 1 heterocycles. The van der Waals surface area contributed by atoms with Crippen LogP contribution in [-0.4, -0.2) is 10.7 Å². The lowest BCUT2D eigenvalue weighted by Crippen LogP contribution is -2.32. The fourth-order valence-electron chi connectivity index (χ4n) is 3.24. The molecular weight excluding hydrogens is 348 g/mol. The van der Waals surface area contributed by atoms with Crippen LogP contribution in [0.3, 0.4) is 0 Å². The number of ether oxygens (including phenoxy) is 1. The molecule has 0 unspecified atom stereocenters. The van der Waals surface area contributed by atoms with Gasteiger partial charge in [-0.3, -0.25) is 0 Å². The molecule has 1 aliphatic heterocycles. The number of fused-ring (bicyclic) bond motifs is 2. The van der Waals surface area contributed by atoms with E-state index in [1.54, 1.807) is 12.1 Å². The number of aromatic hydroxyl groups is 1. The Kier molecular flexibility index (Phi) is 4.08. The predicted octanol–water partition coefficient (Wildman–Crippen LogP) is 6.72. The highest BCUT2D eigenvalue weighted by molar-refractivity contribution is 6.30. The van der Waals surface area contributed by atoms with Gasteiger partial charge in [0.1, 0.15) is 17.0 Å². The van der Waals surface area contributed by atoms with E-state index in [1.807, 2.05) is 50.2 Å². The third-order valence-electron chi connectivity index (χ3n) is 4.66. The first-order chi connectivity index (χ1) is 12.4. The maximum absolute atomic E-state index is 10.7. The van der Waals surface area contributed by atoms with Crippen LogP contribution in [0.2, 0.25) is 5.02 Å². The second-order valence-electron chi connectivity index (χ2n) is 7.09. The van der Waals surface area contributed by atoms with Crippen LogP contribution < -0.4 is 4.74 Å². The van der Waals surface area contributed by atoms with Crippen molar-refractivity contribution in [1.82, 2.24) is 0 Å². The fraction of sp³-hybridized carbons (Fsp3) is 0.238. The highest BCUT2D eigenvalue weighted by Gasteiger charge is 2.32. The largest absolute Gasteiger partial charge is 0.507 e. The molecule has 0 amide bonds. The third-order valence-corrected chi connectivity index (χ3v) is 4.91. The van der Waals surface area contributed by atoms with E-state index in [1.165, 1.54) is 0 Å². The van der Waals surface area contributed by atoms with Crippen LogP contribution in [0.1, 0.15) is 25.8 Å². The minimum absolute atomic E-state index is 0.275. The van der Waals surface area contributed by atoms with Gasteiger partial charge in [-0.05, 0) is 51.0 Å². The second kappa shape index (κ2) is 6.29. The van der Waals surface area contributed by atoms with Crippen LogP contribution in [0.15, 0.2) is 58.8 Å². The molecule has 0 saturated carbocycles. The maximum atomic E-state index is 10.7. The summed E-state index contributed by atoms with van der Waals surface area (Å²) in [6, 6.07) is 14.8. The minimum atomic E-state index is -0.313. The Hall–Kier alpha value is -2.59. The van der Waals surface area contributed by atoms with Crippen molar-refractivity contribution >= 4 is 33.7 Å². The van der Waals surface area contributed by atoms with E-state index in [2.05, 4.69) is 10.2 Å². The van der Waals surface area contributed by atoms with Crippen LogP contribution in [0.25, 0.3) is 10.8 Å². The first-order valence-corrected chi connectivity index (χ1v) is 8.95. The molecule has 4 nitrogen and oxygen atoms in total. The van der Waals surface area contributed by atoms with Crippen LogP contribution in [-0.2, 0) is 6.42 Å². The minimum Gasteiger partial charge on any atom is -0.507 e. The van der Waals surface area contributed by atoms with E-state index in [0.29, 0.717) is 22.1 Å². The van der Waals surface area contributed by atoms with E-state index < -0.39 is 0 Å². The van der Waals surface area contributed by atoms with Gasteiger partial charge < -0.3 is 9.84 Å². The Labute approximate surface area is 157 Å². The van der Waals surface area contributed by atoms with Crippen LogP contribution in [0, 0.1) is 0 Å². The number of hydrogen-bond acceptors (Lipinski definition) is 4. The molecular formula is C21H19ClN2O2. The SMILES string of the molecule is CC1(C)CCc2c(c(N=Nc3ccc(Cl)cc3)c3ccccc3c2O)O1. The van der Waals surface area contributed by atoms with Crippen molar-refractivity contribution in [3.63, 3.8) is 0 Å². The van der Waals surface area contributed by atoms with Crippen molar-refractivity contribution in [1.29, 1.82) is 0 Å². The van der Waals surface area contributed by atoms with E-state index in [9.17, 15) is 5.11 Å². The Morgan fingerprint density at radius 2 is 1.69 bits per heavy atom. The van der Waals surface area contributed by atoms with Crippen molar-refractivity contribution in [3.8, 4) is 11.5 Å². The average Bonchev–Trinajstić information content (AvgIpc) is 2.62. The number of phenols is 1. The van der Waals surface area contributed by atoms with Crippen molar-refractivity contribution in [3.05, 3.63) is 59.1 Å². The molecule has 4 rings (SSSR count). The number of rotatable bonds is 2. The summed E-state index contributed by atoms with van der Waals surface area (Å²) < 4.78 is 6.21. The van der Waals surface area contributed by atoms with E-state index >= 15 is 0 Å². The number of benzene rings is 3. The molecule has 0 fully saturated rings. The first-order valence-electron chi connectivity index (χ1n) is 8.57. The molecule has 132 valence electrons. The standard InChI is InChI=1S/C21H19ClN2O2/c1-21(2)12-11-17-19(25)16-6-4-3-5-15(16)18(20(17)26-21)24-23-14-9-7-13(22)8-10-14/h3-10,25H,11-12H2,1-2H3. The highest BCUT2D eigenvalue weighted by atomic mass is 35.5. The van der Waals surface area contributed by atoms with Crippen LogP contribution in [0.4, 0.5) is 11.4 Å². The summed E-state index contributed by atoms with van der Waals surface area (Å²) in [5.74, 6) is 0.895. The Morgan fingerprint density at radius 1 is 1.00 bits per heavy atom. The molecule has 0 aromatic heterocycles. The lowest BCUT2D eigenvalue weighted by molar-refractivity contribution is 0.0847. The molecule has 3 aromatic carbocycles. The van der Waals surface area contributed by atoms with E-state index in [-0.39, 0.29) is 11.4 Å². The van der Waals surface area contributed by atoms with Crippen molar-refractivity contribution in [2.75, 3.05) is 0 Å². The van der Waals surface area contributed by atoms with Crippen molar-refractivity contribution in [2.45, 2.75) is 32.3 Å². The smallest absolute Gasteiger partial charge is 0.155 e. The molecule has 5 heteroatoms. The Morgan fingerprint density at radius 3 is 2.42 bits per heavy atom. The second-order valence-corrected chi connectivity index (χ2v) is 7.53. The van der Waals surface area contributed by atoms with Crippen LogP contribution in [0.5, 0.6) is 11.5 Å². The maximum Gasteiger partial charge on any atom is 0.155 e. The number of phenolic OH excluding ortho intramolecular Hbond substituents is 1. The zero-order chi connectivity index (χ0) is 18.3. The Bertz CT molecular complexity index is 1010. The number of azo groups is 1. The molecule has 0 radical (unpaired) electrons. The highest BCUT2D eigenvalue weighted by Crippen LogP contribution is 2.50. The first kappa shape index (κ1) is 16.9. The molecule has 3 aromatic rings. The molecule has 0 atom stereocenters. The molecule has 0 bridgehead atoms. The summed E-state index contributed by atoms with van der Waals surface area (Å²) in [6.45, 7) is 4.09. The van der Waals surface area contributed by atoms with E-state index in [0.717, 1.165) is 29.2 Å². The molecule has 0 aliphatic carbocycles. The van der Waals surface area contributed by atoms with Gasteiger partial charge in [-0.1, -0.05) is 35.9 Å². The lowest BCUT2D eigenvalue weighted by Gasteiger charge is -2.34. The number of hydrogen-bond donors (Lipinski definition) is 1. The van der Waals surface area contributed by atoms with Gasteiger partial charge in [0.2, 0.25) is 0 Å².